The van der Waals surface area contributed by atoms with Crippen LogP contribution in [0.4, 0.5) is 0 Å². The van der Waals surface area contributed by atoms with Gasteiger partial charge in [0.15, 0.2) is 18.0 Å². The SMILES string of the molecule is COC(C(=O)OC1CC2(O)[C@@H](C)C3C4(O)COC4CC(OCSC)[C@@]3(C)C(=O)C(OC(C)=O)C(=C1C)C2(C)C)C(NC(=O)c1ccccc1)c1ccccc1.[Ac]. The number of ether oxygens (including phenoxy) is 5. The molecule has 11 atom stereocenters. The van der Waals surface area contributed by atoms with Crippen molar-refractivity contribution in [3.63, 3.8) is 0 Å². The largest absolute Gasteiger partial charge is 0.456 e. The number of hydrogen-bond acceptors (Lipinski definition) is 12. The van der Waals surface area contributed by atoms with Gasteiger partial charge in [-0.05, 0) is 54.9 Å². The third kappa shape index (κ3) is 7.48. The van der Waals surface area contributed by atoms with Crippen LogP contribution in [0.25, 0.3) is 0 Å². The molecule has 3 aliphatic carbocycles. The number of rotatable bonds is 11. The maximum Gasteiger partial charge on any atom is 0.338 e. The third-order valence-electron chi connectivity index (χ3n) is 13.0. The van der Waals surface area contributed by atoms with Crippen LogP contribution in [0.3, 0.4) is 0 Å². The Kier molecular flexibility index (Phi) is 13.8. The molecule has 1 amide bonds. The normalized spacial score (nSPS) is 34.1. The van der Waals surface area contributed by atoms with Crippen LogP contribution in [-0.4, -0.2) is 101 Å². The third-order valence-corrected chi connectivity index (χ3v) is 13.4. The number of carbonyl (C=O) groups is 4. The second-order valence-electron chi connectivity index (χ2n) is 16.2. The average Bonchev–Trinajstić information content (AvgIpc) is 3.15. The van der Waals surface area contributed by atoms with Gasteiger partial charge in [0.05, 0.1) is 41.8 Å². The summed E-state index contributed by atoms with van der Waals surface area (Å²) in [6.07, 6.45) is -3.34. The Balaban J connectivity index is 0.00000600. The van der Waals surface area contributed by atoms with Gasteiger partial charge in [-0.15, -0.1) is 11.8 Å². The smallest absolute Gasteiger partial charge is 0.338 e. The monoisotopic (exact) mass is 1010 g/mol. The molecule has 56 heavy (non-hydrogen) atoms. The standard InChI is InChI=1S/C42H53NO11S.Ac/c1-23-28(54-38(47)34(50-7)32(26-15-11-9-12-16-26)43-37(46)27-17-13-10-14-18-27)20-42(49)24(2)35-40(6,29(52-22-55-8)19-30-41(35,48)21-51-30)36(45)33(53-25(3)44)31(23)39(42,4)5;/h9-18,24,28-30,32-35,48-49H,19-22H2,1-8H3,(H,43,46);/t24-,28?,29?,30?,32?,33?,34?,35?,40+,41?,42?;/m0./s1. The number of benzene rings is 2. The minimum atomic E-state index is -1.74. The molecule has 6 rings (SSSR count). The summed E-state index contributed by atoms with van der Waals surface area (Å²) in [6.45, 7) is 10.0. The number of Topliss-reactive ketones (excluding diaryl/α,β-unsaturated/α-hetero) is 1. The molecule has 4 aliphatic rings. The van der Waals surface area contributed by atoms with Crippen molar-refractivity contribution in [1.82, 2.24) is 5.32 Å². The number of aliphatic hydroxyl groups is 2. The number of methoxy groups -OCH3 is 1. The Bertz CT molecular complexity index is 1830. The molecule has 14 heteroatoms. The van der Waals surface area contributed by atoms with E-state index in [2.05, 4.69) is 5.32 Å². The van der Waals surface area contributed by atoms with Crippen molar-refractivity contribution >= 4 is 35.4 Å². The van der Waals surface area contributed by atoms with Crippen LogP contribution in [0, 0.1) is 66.7 Å². The summed E-state index contributed by atoms with van der Waals surface area (Å²) in [6, 6.07) is 16.5. The molecular weight excluding hydrogens is 954 g/mol. The molecule has 1 saturated heterocycles. The van der Waals surface area contributed by atoms with E-state index in [1.807, 2.05) is 19.2 Å². The van der Waals surface area contributed by atoms with Crippen molar-refractivity contribution in [1.29, 1.82) is 0 Å². The number of amides is 1. The summed E-state index contributed by atoms with van der Waals surface area (Å²) in [4.78, 5) is 56.1. The molecule has 2 aromatic rings. The van der Waals surface area contributed by atoms with Crippen LogP contribution in [0.1, 0.15) is 76.3 Å². The van der Waals surface area contributed by atoms with Crippen LogP contribution < -0.4 is 5.32 Å². The van der Waals surface area contributed by atoms with E-state index in [0.29, 0.717) is 22.3 Å². The zero-order valence-electron chi connectivity index (χ0n) is 33.3. The Labute approximate surface area is 368 Å². The Morgan fingerprint density at radius 1 is 1.02 bits per heavy atom. The van der Waals surface area contributed by atoms with Crippen molar-refractivity contribution in [3.05, 3.63) is 82.9 Å². The summed E-state index contributed by atoms with van der Waals surface area (Å²) >= 11 is 1.44. The van der Waals surface area contributed by atoms with Crippen molar-refractivity contribution in [2.75, 3.05) is 25.9 Å². The summed E-state index contributed by atoms with van der Waals surface area (Å²) < 4.78 is 30.2. The summed E-state index contributed by atoms with van der Waals surface area (Å²) in [5.41, 5.74) is -4.16. The van der Waals surface area contributed by atoms with E-state index in [0.717, 1.165) is 0 Å². The van der Waals surface area contributed by atoms with Crippen molar-refractivity contribution in [2.45, 2.75) is 102 Å². The van der Waals surface area contributed by atoms with Gasteiger partial charge in [-0.1, -0.05) is 69.3 Å². The van der Waals surface area contributed by atoms with E-state index in [1.165, 1.54) is 25.8 Å². The van der Waals surface area contributed by atoms with Gasteiger partial charge in [-0.25, -0.2) is 4.79 Å². The molecule has 3 N–H and O–H groups in total. The molecule has 1 heterocycles. The molecule has 2 aromatic carbocycles. The van der Waals surface area contributed by atoms with Gasteiger partial charge < -0.3 is 39.2 Å². The van der Waals surface area contributed by atoms with Crippen molar-refractivity contribution in [2.24, 2.45) is 22.7 Å². The fourth-order valence-corrected chi connectivity index (χ4v) is 10.4. The van der Waals surface area contributed by atoms with Gasteiger partial charge in [0.1, 0.15) is 11.7 Å². The van der Waals surface area contributed by atoms with E-state index in [9.17, 15) is 24.6 Å². The van der Waals surface area contributed by atoms with Crippen molar-refractivity contribution < 1.29 is 97.1 Å². The molecular formula is C42H53AcNO11S. The van der Waals surface area contributed by atoms with Crippen LogP contribution in [0.2, 0.25) is 0 Å². The maximum atomic E-state index is 15.3. The van der Waals surface area contributed by atoms with Crippen molar-refractivity contribution in [3.8, 4) is 0 Å². The van der Waals surface area contributed by atoms with E-state index in [4.69, 9.17) is 23.7 Å². The molecule has 12 nitrogen and oxygen atoms in total. The summed E-state index contributed by atoms with van der Waals surface area (Å²) in [5.74, 6) is -3.88. The molecule has 9 unspecified atom stereocenters. The molecule has 2 bridgehead atoms. The first-order valence-corrected chi connectivity index (χ1v) is 20.1. The first-order chi connectivity index (χ1) is 26.0. The fourth-order valence-electron chi connectivity index (χ4n) is 10.1. The number of hydrogen-bond donors (Lipinski definition) is 3. The van der Waals surface area contributed by atoms with Gasteiger partial charge in [-0.3, -0.25) is 14.4 Å². The molecule has 2 saturated carbocycles. The predicted molar refractivity (Wildman–Crippen MR) is 204 cm³/mol. The van der Waals surface area contributed by atoms with E-state index < -0.39 is 94.1 Å². The second kappa shape index (κ2) is 17.2. The molecule has 1 radical (unpaired) electrons. The number of carbonyl (C=O) groups excluding carboxylic acids is 4. The number of thioether (sulfide) groups is 1. The van der Waals surface area contributed by atoms with Crippen LogP contribution in [-0.2, 0) is 38.1 Å². The van der Waals surface area contributed by atoms with E-state index in [-0.39, 0.29) is 69.4 Å². The average molecular weight is 1010 g/mol. The zero-order chi connectivity index (χ0) is 40.1. The Hall–Kier alpha value is -2.15. The molecule has 301 valence electrons. The summed E-state index contributed by atoms with van der Waals surface area (Å²) in [7, 11) is 1.35. The van der Waals surface area contributed by atoms with Gasteiger partial charge in [-0.2, -0.15) is 0 Å². The molecule has 0 aromatic heterocycles. The van der Waals surface area contributed by atoms with E-state index in [1.54, 1.807) is 82.3 Å². The molecule has 0 spiro atoms. The second-order valence-corrected chi connectivity index (χ2v) is 17.0. The van der Waals surface area contributed by atoms with E-state index >= 15 is 4.79 Å². The number of nitrogens with one attached hydrogen (secondary N) is 1. The Morgan fingerprint density at radius 3 is 2.20 bits per heavy atom. The zero-order valence-corrected chi connectivity index (χ0v) is 38.8. The van der Waals surface area contributed by atoms with Crippen LogP contribution in [0.5, 0.6) is 0 Å². The quantitative estimate of drug-likeness (QED) is 0.163. The summed E-state index contributed by atoms with van der Waals surface area (Å²) in [5, 5.41) is 28.6. The van der Waals surface area contributed by atoms with Gasteiger partial charge in [0, 0.05) is 87.8 Å². The number of esters is 2. The number of fused-ring (bicyclic) bond motifs is 5. The fraction of sp³-hybridized carbons (Fsp3) is 0.571. The van der Waals surface area contributed by atoms with Gasteiger partial charge in [0.2, 0.25) is 0 Å². The van der Waals surface area contributed by atoms with Gasteiger partial charge in [0.25, 0.3) is 5.91 Å². The first-order valence-electron chi connectivity index (χ1n) is 18.7. The topological polar surface area (TPSA) is 167 Å². The number of ketones is 1. The van der Waals surface area contributed by atoms with Crippen LogP contribution >= 0.6 is 11.8 Å². The first kappa shape index (κ1) is 44.9. The van der Waals surface area contributed by atoms with Crippen LogP contribution in [0.15, 0.2) is 71.8 Å². The molecule has 1 aliphatic heterocycles. The minimum absolute atomic E-state index is 0. The Morgan fingerprint density at radius 2 is 1.64 bits per heavy atom. The molecule has 3 fully saturated rings. The predicted octanol–water partition coefficient (Wildman–Crippen LogP) is 4.57. The maximum absolute atomic E-state index is 15.3. The minimum Gasteiger partial charge on any atom is -0.456 e. The van der Waals surface area contributed by atoms with Gasteiger partial charge >= 0.3 is 11.9 Å².